The predicted octanol–water partition coefficient (Wildman–Crippen LogP) is 3.46. The molecule has 150 valence electrons. The number of hydrogen-bond donors (Lipinski definition) is 1. The first-order valence-corrected chi connectivity index (χ1v) is 10.7. The van der Waals surface area contributed by atoms with Crippen LogP contribution in [0.4, 0.5) is 4.79 Å². The summed E-state index contributed by atoms with van der Waals surface area (Å²) in [6.45, 7) is 3.70. The highest BCUT2D eigenvalue weighted by Gasteiger charge is 2.25. The van der Waals surface area contributed by atoms with Crippen LogP contribution in [0.5, 0.6) is 0 Å². The van der Waals surface area contributed by atoms with Crippen molar-refractivity contribution in [3.8, 4) is 0 Å². The van der Waals surface area contributed by atoms with Gasteiger partial charge < -0.3 is 10.0 Å². The minimum absolute atomic E-state index is 0.119. The van der Waals surface area contributed by atoms with Crippen LogP contribution in [0.1, 0.15) is 39.7 Å². The monoisotopic (exact) mass is 410 g/mol. The second kappa shape index (κ2) is 7.27. The fourth-order valence-corrected chi connectivity index (χ4v) is 4.96. The van der Waals surface area contributed by atoms with Gasteiger partial charge in [0.1, 0.15) is 0 Å². The van der Waals surface area contributed by atoms with Gasteiger partial charge in [0.25, 0.3) is 0 Å². The van der Waals surface area contributed by atoms with Crippen molar-refractivity contribution in [3.63, 3.8) is 0 Å². The molecular formula is C21H22N4O3S. The summed E-state index contributed by atoms with van der Waals surface area (Å²) >= 11 is 1.85. The average molecular weight is 410 g/mol. The summed E-state index contributed by atoms with van der Waals surface area (Å²) < 4.78 is 2.45. The van der Waals surface area contributed by atoms with Crippen LogP contribution in [-0.2, 0) is 6.54 Å². The van der Waals surface area contributed by atoms with Crippen LogP contribution >= 0.6 is 11.3 Å². The van der Waals surface area contributed by atoms with Crippen LogP contribution in [0.2, 0.25) is 0 Å². The van der Waals surface area contributed by atoms with E-state index in [-0.39, 0.29) is 11.7 Å². The Balaban J connectivity index is 1.20. The molecule has 1 aliphatic heterocycles. The number of carboxylic acids is 1. The molecule has 3 heterocycles. The van der Waals surface area contributed by atoms with Gasteiger partial charge in [0, 0.05) is 48.5 Å². The molecule has 8 heteroatoms. The van der Waals surface area contributed by atoms with Gasteiger partial charge in [0.05, 0.1) is 0 Å². The molecule has 0 bridgehead atoms. The number of benzene rings is 1. The Hall–Kier alpha value is -2.71. The summed E-state index contributed by atoms with van der Waals surface area (Å²) in [5.41, 5.74) is 1.35. The van der Waals surface area contributed by atoms with Crippen LogP contribution in [0.3, 0.4) is 0 Å². The highest BCUT2D eigenvalue weighted by atomic mass is 32.1. The highest BCUT2D eigenvalue weighted by Crippen LogP contribution is 2.41. The van der Waals surface area contributed by atoms with Crippen LogP contribution in [0.25, 0.3) is 10.1 Å². The first kappa shape index (κ1) is 18.3. The molecule has 1 saturated heterocycles. The van der Waals surface area contributed by atoms with Gasteiger partial charge in [0.2, 0.25) is 0 Å². The highest BCUT2D eigenvalue weighted by molar-refractivity contribution is 7.19. The molecule has 2 aromatic heterocycles. The Morgan fingerprint density at radius 2 is 1.90 bits per heavy atom. The molecule has 0 unspecified atom stereocenters. The third-order valence-corrected chi connectivity index (χ3v) is 6.77. The van der Waals surface area contributed by atoms with E-state index in [0.717, 1.165) is 30.2 Å². The SMILES string of the molecule is O=C(O)c1ccn(C(=O)N2CCN(Cc3cc4cc(C5CC5)ccc4s3)CC2)n1. The molecule has 3 aromatic rings. The normalized spacial score (nSPS) is 17.7. The zero-order valence-corrected chi connectivity index (χ0v) is 16.8. The lowest BCUT2D eigenvalue weighted by Crippen LogP contribution is -2.49. The Kier molecular flexibility index (Phi) is 4.60. The Bertz CT molecular complexity index is 1080. The summed E-state index contributed by atoms with van der Waals surface area (Å²) in [5.74, 6) is -0.358. The molecule has 1 amide bonds. The van der Waals surface area contributed by atoms with Gasteiger partial charge in [-0.05, 0) is 47.9 Å². The number of amides is 1. The van der Waals surface area contributed by atoms with Crippen molar-refractivity contribution in [2.75, 3.05) is 26.2 Å². The number of carboxylic acid groups (broad SMARTS) is 1. The van der Waals surface area contributed by atoms with Crippen molar-refractivity contribution >= 4 is 33.4 Å². The first-order chi connectivity index (χ1) is 14.1. The first-order valence-electron chi connectivity index (χ1n) is 9.90. The molecule has 1 aromatic carbocycles. The maximum Gasteiger partial charge on any atom is 0.356 e. The lowest BCUT2D eigenvalue weighted by Gasteiger charge is -2.34. The number of piperazine rings is 1. The van der Waals surface area contributed by atoms with Gasteiger partial charge in [-0.15, -0.1) is 11.3 Å². The topological polar surface area (TPSA) is 78.7 Å². The molecule has 0 radical (unpaired) electrons. The molecule has 0 spiro atoms. The van der Waals surface area contributed by atoms with E-state index >= 15 is 0 Å². The third-order valence-electron chi connectivity index (χ3n) is 5.67. The summed E-state index contributed by atoms with van der Waals surface area (Å²) in [6.07, 6.45) is 4.05. The zero-order valence-electron chi connectivity index (χ0n) is 16.0. The average Bonchev–Trinajstić information content (AvgIpc) is 3.30. The van der Waals surface area contributed by atoms with E-state index in [1.807, 2.05) is 11.3 Å². The van der Waals surface area contributed by atoms with E-state index in [0.29, 0.717) is 13.1 Å². The van der Waals surface area contributed by atoms with Gasteiger partial charge in [-0.2, -0.15) is 9.78 Å². The van der Waals surface area contributed by atoms with Gasteiger partial charge >= 0.3 is 12.0 Å². The smallest absolute Gasteiger partial charge is 0.356 e. The van der Waals surface area contributed by atoms with Crippen molar-refractivity contribution in [2.24, 2.45) is 0 Å². The van der Waals surface area contributed by atoms with Crippen LogP contribution in [-0.4, -0.2) is 62.9 Å². The number of carbonyl (C=O) groups excluding carboxylic acids is 1. The van der Waals surface area contributed by atoms with E-state index in [2.05, 4.69) is 34.3 Å². The quantitative estimate of drug-likeness (QED) is 0.713. The Morgan fingerprint density at radius 1 is 1.10 bits per heavy atom. The molecule has 2 fully saturated rings. The third kappa shape index (κ3) is 3.77. The Labute approximate surface area is 172 Å². The van der Waals surface area contributed by atoms with Crippen LogP contribution in [0, 0.1) is 0 Å². The van der Waals surface area contributed by atoms with Crippen LogP contribution < -0.4 is 0 Å². The minimum Gasteiger partial charge on any atom is -0.476 e. The van der Waals surface area contributed by atoms with Crippen molar-refractivity contribution < 1.29 is 14.7 Å². The van der Waals surface area contributed by atoms with E-state index < -0.39 is 5.97 Å². The fourth-order valence-electron chi connectivity index (χ4n) is 3.87. The number of aromatic nitrogens is 2. The lowest BCUT2D eigenvalue weighted by atomic mass is 10.1. The molecule has 5 rings (SSSR count). The molecule has 29 heavy (non-hydrogen) atoms. The number of aromatic carboxylic acids is 1. The zero-order chi connectivity index (χ0) is 20.0. The van der Waals surface area contributed by atoms with E-state index in [1.165, 1.54) is 45.6 Å². The van der Waals surface area contributed by atoms with E-state index in [4.69, 9.17) is 5.11 Å². The fraction of sp³-hybridized carbons (Fsp3) is 0.381. The van der Waals surface area contributed by atoms with Crippen molar-refractivity contribution in [3.05, 3.63) is 52.7 Å². The van der Waals surface area contributed by atoms with Gasteiger partial charge in [-0.25, -0.2) is 9.59 Å². The molecule has 2 aliphatic rings. The summed E-state index contributed by atoms with van der Waals surface area (Å²) in [4.78, 5) is 28.9. The van der Waals surface area contributed by atoms with E-state index in [1.54, 1.807) is 4.90 Å². The minimum atomic E-state index is -1.13. The summed E-state index contributed by atoms with van der Waals surface area (Å²) in [5, 5.41) is 14.1. The van der Waals surface area contributed by atoms with Gasteiger partial charge in [0.15, 0.2) is 5.69 Å². The standard InChI is InChI=1S/C21H22N4O3S/c26-20(27)18-5-6-25(22-18)21(28)24-9-7-23(8-10-24)13-17-12-16-11-15(14-1-2-14)3-4-19(16)29-17/h3-6,11-12,14H,1-2,7-10,13H2,(H,26,27). The second-order valence-corrected chi connectivity index (χ2v) is 8.95. The van der Waals surface area contributed by atoms with Crippen molar-refractivity contribution in [2.45, 2.75) is 25.3 Å². The van der Waals surface area contributed by atoms with Crippen LogP contribution in [0.15, 0.2) is 36.5 Å². The summed E-state index contributed by atoms with van der Waals surface area (Å²) in [7, 11) is 0. The second-order valence-electron chi connectivity index (χ2n) is 7.78. The number of nitrogens with zero attached hydrogens (tertiary/aromatic N) is 4. The van der Waals surface area contributed by atoms with Gasteiger partial charge in [-0.3, -0.25) is 4.90 Å². The number of thiophene rings is 1. The predicted molar refractivity (Wildman–Crippen MR) is 111 cm³/mol. The maximum atomic E-state index is 12.5. The molecule has 1 saturated carbocycles. The molecule has 7 nitrogen and oxygen atoms in total. The number of hydrogen-bond acceptors (Lipinski definition) is 5. The summed E-state index contributed by atoms with van der Waals surface area (Å²) in [6, 6.07) is 10.2. The number of carbonyl (C=O) groups is 2. The largest absolute Gasteiger partial charge is 0.476 e. The van der Waals surface area contributed by atoms with E-state index in [9.17, 15) is 9.59 Å². The molecule has 1 N–H and O–H groups in total. The van der Waals surface area contributed by atoms with Gasteiger partial charge in [-0.1, -0.05) is 12.1 Å². The number of rotatable bonds is 4. The number of fused-ring (bicyclic) bond motifs is 1. The molecule has 1 aliphatic carbocycles. The Morgan fingerprint density at radius 3 is 2.59 bits per heavy atom. The molecular weight excluding hydrogens is 388 g/mol. The van der Waals surface area contributed by atoms with Crippen molar-refractivity contribution in [1.29, 1.82) is 0 Å². The molecule has 0 atom stereocenters. The van der Waals surface area contributed by atoms with Crippen molar-refractivity contribution in [1.82, 2.24) is 19.6 Å². The maximum absolute atomic E-state index is 12.5. The lowest BCUT2D eigenvalue weighted by molar-refractivity contribution is 0.0689.